The smallest absolute Gasteiger partial charge is 0.194 e. The molecule has 0 saturated heterocycles. The number of phenolic OH excluding ortho intramolecular Hbond substituents is 2. The van der Waals surface area contributed by atoms with Gasteiger partial charge in [0.1, 0.15) is 0 Å². The molecule has 0 spiro atoms. The second-order valence-corrected chi connectivity index (χ2v) is 5.63. The Morgan fingerprint density at radius 3 is 2.95 bits per heavy atom. The van der Waals surface area contributed by atoms with Gasteiger partial charge in [0.25, 0.3) is 0 Å². The topological polar surface area (TPSA) is 52.5 Å². The first kappa shape index (κ1) is 12.4. The highest BCUT2D eigenvalue weighted by atomic mass is 32.1. The molecule has 0 saturated carbocycles. The second-order valence-electron chi connectivity index (χ2n) is 4.65. The molecule has 1 aliphatic rings. The van der Waals surface area contributed by atoms with Crippen LogP contribution in [0.2, 0.25) is 0 Å². The van der Waals surface area contributed by atoms with Gasteiger partial charge in [0, 0.05) is 17.3 Å². The summed E-state index contributed by atoms with van der Waals surface area (Å²) in [5.41, 5.74) is 1.26. The number of benzene rings is 1. The van der Waals surface area contributed by atoms with Gasteiger partial charge in [-0.25, -0.2) is 4.39 Å². The van der Waals surface area contributed by atoms with E-state index < -0.39 is 11.6 Å². The van der Waals surface area contributed by atoms with E-state index in [0.717, 1.165) is 10.4 Å². The summed E-state index contributed by atoms with van der Waals surface area (Å²) in [4.78, 5) is 1.13. The maximum Gasteiger partial charge on any atom is 0.194 e. The van der Waals surface area contributed by atoms with E-state index in [1.807, 2.05) is 17.5 Å². The molecule has 0 bridgehead atoms. The minimum atomic E-state index is -0.694. The standard InChI is InChI=1S/C14H14FNO2S/c15-13-8-3-4-16-7-10(12-2-1-5-19-12)9(8)6-11(17)14(13)18/h1-2,5-6,10,16-18H,3-4,7H2. The predicted octanol–water partition coefficient (Wildman–Crippen LogP) is 2.58. The van der Waals surface area contributed by atoms with E-state index in [0.29, 0.717) is 25.1 Å². The van der Waals surface area contributed by atoms with Gasteiger partial charge in [-0.15, -0.1) is 11.3 Å². The van der Waals surface area contributed by atoms with Crippen molar-refractivity contribution in [2.24, 2.45) is 0 Å². The van der Waals surface area contributed by atoms with Gasteiger partial charge in [-0.2, -0.15) is 0 Å². The van der Waals surface area contributed by atoms with Crippen LogP contribution in [0.1, 0.15) is 21.9 Å². The molecule has 5 heteroatoms. The Bertz CT molecular complexity index is 598. The third-order valence-corrected chi connectivity index (χ3v) is 4.50. The highest BCUT2D eigenvalue weighted by molar-refractivity contribution is 7.10. The Labute approximate surface area is 114 Å². The summed E-state index contributed by atoms with van der Waals surface area (Å²) in [7, 11) is 0. The van der Waals surface area contributed by atoms with Crippen molar-refractivity contribution in [3.63, 3.8) is 0 Å². The number of halogens is 1. The van der Waals surface area contributed by atoms with Crippen LogP contribution in [-0.4, -0.2) is 23.3 Å². The van der Waals surface area contributed by atoms with E-state index in [1.54, 1.807) is 11.3 Å². The predicted molar refractivity (Wildman–Crippen MR) is 72.5 cm³/mol. The molecule has 19 heavy (non-hydrogen) atoms. The first-order valence-corrected chi connectivity index (χ1v) is 7.03. The number of nitrogens with one attached hydrogen (secondary N) is 1. The van der Waals surface area contributed by atoms with Crippen LogP contribution < -0.4 is 5.32 Å². The Kier molecular flexibility index (Phi) is 3.16. The third kappa shape index (κ3) is 2.09. The van der Waals surface area contributed by atoms with Crippen LogP contribution in [-0.2, 0) is 6.42 Å². The van der Waals surface area contributed by atoms with Crippen LogP contribution in [0.3, 0.4) is 0 Å². The molecule has 1 atom stereocenters. The molecular formula is C14H14FNO2S. The Hall–Kier alpha value is -1.59. The maximum atomic E-state index is 14.1. The van der Waals surface area contributed by atoms with E-state index in [-0.39, 0.29) is 11.7 Å². The number of hydrogen-bond acceptors (Lipinski definition) is 4. The van der Waals surface area contributed by atoms with E-state index in [4.69, 9.17) is 0 Å². The molecule has 1 aliphatic heterocycles. The minimum Gasteiger partial charge on any atom is -0.504 e. The first-order valence-electron chi connectivity index (χ1n) is 6.15. The second kappa shape index (κ2) is 4.83. The van der Waals surface area contributed by atoms with Crippen molar-refractivity contribution in [2.45, 2.75) is 12.3 Å². The Morgan fingerprint density at radius 2 is 2.21 bits per heavy atom. The van der Waals surface area contributed by atoms with Crippen LogP contribution in [0.15, 0.2) is 23.6 Å². The van der Waals surface area contributed by atoms with Crippen molar-refractivity contribution in [1.29, 1.82) is 0 Å². The lowest BCUT2D eigenvalue weighted by Crippen LogP contribution is -2.20. The van der Waals surface area contributed by atoms with Crippen molar-refractivity contribution in [3.05, 3.63) is 45.4 Å². The molecule has 1 unspecified atom stereocenters. The monoisotopic (exact) mass is 279 g/mol. The van der Waals surface area contributed by atoms with Gasteiger partial charge in [-0.05, 0) is 41.6 Å². The van der Waals surface area contributed by atoms with Crippen molar-refractivity contribution >= 4 is 11.3 Å². The number of fused-ring (bicyclic) bond motifs is 1. The zero-order valence-corrected chi connectivity index (χ0v) is 11.0. The normalized spacial score (nSPS) is 18.9. The average Bonchev–Trinajstić information content (AvgIpc) is 2.84. The number of hydrogen-bond donors (Lipinski definition) is 3. The van der Waals surface area contributed by atoms with Gasteiger partial charge in [0.05, 0.1) is 0 Å². The van der Waals surface area contributed by atoms with Gasteiger partial charge < -0.3 is 15.5 Å². The van der Waals surface area contributed by atoms with Crippen LogP contribution in [0.4, 0.5) is 4.39 Å². The maximum absolute atomic E-state index is 14.1. The summed E-state index contributed by atoms with van der Waals surface area (Å²) in [6.45, 7) is 1.37. The zero-order chi connectivity index (χ0) is 13.4. The largest absolute Gasteiger partial charge is 0.504 e. The molecule has 1 aromatic heterocycles. The quantitative estimate of drug-likeness (QED) is 0.703. The number of thiophene rings is 1. The van der Waals surface area contributed by atoms with E-state index in [2.05, 4.69) is 5.32 Å². The van der Waals surface area contributed by atoms with Gasteiger partial charge in [-0.1, -0.05) is 6.07 Å². The molecule has 0 fully saturated rings. The van der Waals surface area contributed by atoms with Crippen LogP contribution in [0, 0.1) is 5.82 Å². The zero-order valence-electron chi connectivity index (χ0n) is 10.2. The molecule has 0 aliphatic carbocycles. The van der Waals surface area contributed by atoms with Gasteiger partial charge in [0.15, 0.2) is 17.3 Å². The highest BCUT2D eigenvalue weighted by Crippen LogP contribution is 2.39. The molecule has 100 valence electrons. The highest BCUT2D eigenvalue weighted by Gasteiger charge is 2.26. The average molecular weight is 279 g/mol. The summed E-state index contributed by atoms with van der Waals surface area (Å²) in [6, 6.07) is 5.46. The lowest BCUT2D eigenvalue weighted by atomic mass is 9.91. The summed E-state index contributed by atoms with van der Waals surface area (Å²) in [5.74, 6) is -1.72. The lowest BCUT2D eigenvalue weighted by molar-refractivity contribution is 0.375. The third-order valence-electron chi connectivity index (χ3n) is 3.52. The summed E-state index contributed by atoms with van der Waals surface area (Å²) < 4.78 is 14.1. The van der Waals surface area contributed by atoms with Gasteiger partial charge in [-0.3, -0.25) is 0 Å². The van der Waals surface area contributed by atoms with E-state index in [1.165, 1.54) is 6.07 Å². The fourth-order valence-electron chi connectivity index (χ4n) is 2.56. The molecule has 0 amide bonds. The number of phenols is 2. The van der Waals surface area contributed by atoms with E-state index >= 15 is 0 Å². The summed E-state index contributed by atoms with van der Waals surface area (Å²) in [6.07, 6.45) is 0.511. The van der Waals surface area contributed by atoms with Gasteiger partial charge in [0.2, 0.25) is 0 Å². The van der Waals surface area contributed by atoms with Crippen molar-refractivity contribution in [3.8, 4) is 11.5 Å². The molecule has 2 aromatic rings. The summed E-state index contributed by atoms with van der Waals surface area (Å²) in [5, 5.41) is 24.4. The molecule has 3 N–H and O–H groups in total. The van der Waals surface area contributed by atoms with Crippen LogP contribution >= 0.6 is 11.3 Å². The minimum absolute atomic E-state index is 0.0125. The molecule has 1 aromatic carbocycles. The molecule has 3 rings (SSSR count). The molecule has 3 nitrogen and oxygen atoms in total. The fraction of sp³-hybridized carbons (Fsp3) is 0.286. The Morgan fingerprint density at radius 1 is 1.37 bits per heavy atom. The fourth-order valence-corrected chi connectivity index (χ4v) is 3.41. The lowest BCUT2D eigenvalue weighted by Gasteiger charge is -2.17. The van der Waals surface area contributed by atoms with Crippen LogP contribution in [0.25, 0.3) is 0 Å². The number of aromatic hydroxyl groups is 2. The van der Waals surface area contributed by atoms with Crippen molar-refractivity contribution < 1.29 is 14.6 Å². The molecule has 2 heterocycles. The van der Waals surface area contributed by atoms with Crippen molar-refractivity contribution in [1.82, 2.24) is 5.32 Å². The van der Waals surface area contributed by atoms with Crippen LogP contribution in [0.5, 0.6) is 11.5 Å². The van der Waals surface area contributed by atoms with Crippen molar-refractivity contribution in [2.75, 3.05) is 13.1 Å². The first-order chi connectivity index (χ1) is 9.18. The van der Waals surface area contributed by atoms with E-state index in [9.17, 15) is 14.6 Å². The molecular weight excluding hydrogens is 265 g/mol. The van der Waals surface area contributed by atoms with Gasteiger partial charge >= 0.3 is 0 Å². The number of rotatable bonds is 1. The summed E-state index contributed by atoms with van der Waals surface area (Å²) >= 11 is 1.61. The SMILES string of the molecule is Oc1cc2c(c(F)c1O)CCNCC2c1cccs1. The molecule has 0 radical (unpaired) electrons. The Balaban J connectivity index is 2.18.